The van der Waals surface area contributed by atoms with Crippen molar-refractivity contribution in [1.29, 1.82) is 0 Å². The van der Waals surface area contributed by atoms with Gasteiger partial charge in [-0.15, -0.1) is 0 Å². The summed E-state index contributed by atoms with van der Waals surface area (Å²) in [7, 11) is 0. The van der Waals surface area contributed by atoms with E-state index >= 15 is 0 Å². The Morgan fingerprint density at radius 2 is 1.52 bits per heavy atom. The summed E-state index contributed by atoms with van der Waals surface area (Å²) in [4.78, 5) is 35.1. The van der Waals surface area contributed by atoms with E-state index in [1.54, 1.807) is 13.8 Å². The minimum absolute atomic E-state index is 0.216. The molecule has 0 spiro atoms. The van der Waals surface area contributed by atoms with Crippen LogP contribution in [0.15, 0.2) is 0 Å². The van der Waals surface area contributed by atoms with E-state index in [1.165, 1.54) is 6.92 Å². The Bertz CT molecular complexity index is 357. The molecule has 0 saturated carbocycles. The molecule has 0 fully saturated rings. The van der Waals surface area contributed by atoms with Crippen LogP contribution < -0.4 is 10.6 Å². The monoisotopic (exact) mass is 302 g/mol. The normalized spacial score (nSPS) is 13.2. The van der Waals surface area contributed by atoms with Gasteiger partial charge in [0.15, 0.2) is 0 Å². The van der Waals surface area contributed by atoms with Crippen LogP contribution in [-0.4, -0.2) is 43.3 Å². The molecule has 0 rings (SSSR count). The molecule has 21 heavy (non-hydrogen) atoms. The van der Waals surface area contributed by atoms with Gasteiger partial charge in [-0.2, -0.15) is 0 Å². The first-order chi connectivity index (χ1) is 9.81. The van der Waals surface area contributed by atoms with Gasteiger partial charge in [0.05, 0.1) is 13.2 Å². The number of hydrogen-bond donors (Lipinski definition) is 2. The maximum absolute atomic E-state index is 12.0. The van der Waals surface area contributed by atoms with Gasteiger partial charge in [0.2, 0.25) is 5.91 Å². The fourth-order valence-electron chi connectivity index (χ4n) is 1.64. The van der Waals surface area contributed by atoms with Gasteiger partial charge in [0.1, 0.15) is 12.1 Å². The molecule has 0 aliphatic carbocycles. The predicted molar refractivity (Wildman–Crippen MR) is 77.6 cm³/mol. The summed E-state index contributed by atoms with van der Waals surface area (Å²) in [6.45, 7) is 9.25. The van der Waals surface area contributed by atoms with Crippen molar-refractivity contribution in [2.45, 2.75) is 53.1 Å². The third-order valence-electron chi connectivity index (χ3n) is 2.60. The molecule has 0 saturated heterocycles. The lowest BCUT2D eigenvalue weighted by molar-refractivity contribution is -0.148. The molecule has 122 valence electrons. The number of amides is 2. The highest BCUT2D eigenvalue weighted by Gasteiger charge is 2.26. The molecule has 2 unspecified atom stereocenters. The number of rotatable bonds is 8. The Hall–Kier alpha value is -1.79. The predicted octanol–water partition coefficient (Wildman–Crippen LogP) is 1.22. The standard InChI is InChI=1S/C14H26N2O5/c1-6-20-13(18)11(8-9(3)4)16-12(17)10(5)15-14(19)21-7-2/h9-11H,6-8H2,1-5H3,(H,15,19)(H,16,17). The Morgan fingerprint density at radius 1 is 0.952 bits per heavy atom. The van der Waals surface area contributed by atoms with Crippen LogP contribution >= 0.6 is 0 Å². The van der Waals surface area contributed by atoms with Gasteiger partial charge in [-0.1, -0.05) is 13.8 Å². The Balaban J connectivity index is 4.57. The molecular formula is C14H26N2O5. The van der Waals surface area contributed by atoms with Gasteiger partial charge >= 0.3 is 12.1 Å². The largest absolute Gasteiger partial charge is 0.464 e. The zero-order chi connectivity index (χ0) is 16.4. The van der Waals surface area contributed by atoms with Crippen molar-refractivity contribution in [2.75, 3.05) is 13.2 Å². The lowest BCUT2D eigenvalue weighted by Gasteiger charge is -2.21. The van der Waals surface area contributed by atoms with E-state index in [2.05, 4.69) is 10.6 Å². The van der Waals surface area contributed by atoms with E-state index in [1.807, 2.05) is 13.8 Å². The Labute approximate surface area is 125 Å². The summed E-state index contributed by atoms with van der Waals surface area (Å²) < 4.78 is 9.64. The van der Waals surface area contributed by atoms with E-state index in [4.69, 9.17) is 9.47 Å². The molecule has 0 aromatic carbocycles. The Kier molecular flexibility index (Phi) is 9.16. The van der Waals surface area contributed by atoms with Gasteiger partial charge < -0.3 is 20.1 Å². The minimum Gasteiger partial charge on any atom is -0.464 e. The molecule has 0 aliphatic rings. The van der Waals surface area contributed by atoms with Crippen molar-refractivity contribution in [3.05, 3.63) is 0 Å². The average molecular weight is 302 g/mol. The van der Waals surface area contributed by atoms with Crippen LogP contribution in [0, 0.1) is 5.92 Å². The third kappa shape index (κ3) is 8.16. The molecule has 2 amide bonds. The zero-order valence-electron chi connectivity index (χ0n) is 13.4. The number of hydrogen-bond acceptors (Lipinski definition) is 5. The van der Waals surface area contributed by atoms with E-state index in [0.29, 0.717) is 6.42 Å². The molecule has 0 heterocycles. The fraction of sp³-hybridized carbons (Fsp3) is 0.786. The topological polar surface area (TPSA) is 93.7 Å². The van der Waals surface area contributed by atoms with E-state index < -0.39 is 30.1 Å². The summed E-state index contributed by atoms with van der Waals surface area (Å²) >= 11 is 0. The number of alkyl carbamates (subject to hydrolysis) is 1. The van der Waals surface area contributed by atoms with Gasteiger partial charge in [0, 0.05) is 0 Å². The first-order valence-corrected chi connectivity index (χ1v) is 7.22. The number of esters is 1. The van der Waals surface area contributed by atoms with Crippen molar-refractivity contribution in [3.8, 4) is 0 Å². The van der Waals surface area contributed by atoms with Crippen molar-refractivity contribution in [3.63, 3.8) is 0 Å². The molecule has 2 atom stereocenters. The molecule has 0 aliphatic heterocycles. The van der Waals surface area contributed by atoms with Crippen molar-refractivity contribution >= 4 is 18.0 Å². The summed E-state index contributed by atoms with van der Waals surface area (Å²) in [5.41, 5.74) is 0. The summed E-state index contributed by atoms with van der Waals surface area (Å²) in [5, 5.41) is 4.98. The second kappa shape index (κ2) is 10.0. The number of carbonyl (C=O) groups excluding carboxylic acids is 3. The van der Waals surface area contributed by atoms with Crippen LogP contribution in [0.3, 0.4) is 0 Å². The lowest BCUT2D eigenvalue weighted by atomic mass is 10.0. The number of nitrogens with one attached hydrogen (secondary N) is 2. The van der Waals surface area contributed by atoms with Crippen LogP contribution in [-0.2, 0) is 19.1 Å². The molecule has 7 nitrogen and oxygen atoms in total. The van der Waals surface area contributed by atoms with Gasteiger partial charge in [-0.3, -0.25) is 4.79 Å². The zero-order valence-corrected chi connectivity index (χ0v) is 13.4. The second-order valence-corrected chi connectivity index (χ2v) is 5.03. The maximum Gasteiger partial charge on any atom is 0.407 e. The fourth-order valence-corrected chi connectivity index (χ4v) is 1.64. The van der Waals surface area contributed by atoms with E-state index in [0.717, 1.165) is 0 Å². The first-order valence-electron chi connectivity index (χ1n) is 7.22. The maximum atomic E-state index is 12.0. The van der Waals surface area contributed by atoms with Crippen LogP contribution in [0.2, 0.25) is 0 Å². The van der Waals surface area contributed by atoms with Crippen LogP contribution in [0.4, 0.5) is 4.79 Å². The molecule has 7 heteroatoms. The molecule has 0 radical (unpaired) electrons. The third-order valence-corrected chi connectivity index (χ3v) is 2.60. The molecular weight excluding hydrogens is 276 g/mol. The smallest absolute Gasteiger partial charge is 0.407 e. The molecule has 0 aromatic heterocycles. The molecule has 0 bridgehead atoms. The van der Waals surface area contributed by atoms with Crippen molar-refractivity contribution < 1.29 is 23.9 Å². The van der Waals surface area contributed by atoms with E-state index in [-0.39, 0.29) is 19.1 Å². The summed E-state index contributed by atoms with van der Waals surface area (Å²) in [6.07, 6.45) is -0.201. The average Bonchev–Trinajstić information content (AvgIpc) is 2.37. The number of ether oxygens (including phenoxy) is 2. The highest BCUT2D eigenvalue weighted by molar-refractivity contribution is 5.89. The van der Waals surface area contributed by atoms with Crippen LogP contribution in [0.5, 0.6) is 0 Å². The van der Waals surface area contributed by atoms with Crippen LogP contribution in [0.1, 0.15) is 41.0 Å². The quantitative estimate of drug-likeness (QED) is 0.657. The first kappa shape index (κ1) is 19.2. The minimum atomic E-state index is -0.798. The van der Waals surface area contributed by atoms with E-state index in [9.17, 15) is 14.4 Å². The highest BCUT2D eigenvalue weighted by atomic mass is 16.5. The second-order valence-electron chi connectivity index (χ2n) is 5.03. The van der Waals surface area contributed by atoms with Crippen molar-refractivity contribution in [1.82, 2.24) is 10.6 Å². The molecule has 0 aromatic rings. The van der Waals surface area contributed by atoms with Gasteiger partial charge in [-0.25, -0.2) is 9.59 Å². The summed E-state index contributed by atoms with van der Waals surface area (Å²) in [5.74, 6) is -0.710. The highest BCUT2D eigenvalue weighted by Crippen LogP contribution is 2.07. The Morgan fingerprint density at radius 3 is 2.00 bits per heavy atom. The SMILES string of the molecule is CCOC(=O)NC(C)C(=O)NC(CC(C)C)C(=O)OCC. The van der Waals surface area contributed by atoms with Crippen molar-refractivity contribution in [2.24, 2.45) is 5.92 Å². The summed E-state index contributed by atoms with van der Waals surface area (Å²) in [6, 6.07) is -1.52. The van der Waals surface area contributed by atoms with Crippen LogP contribution in [0.25, 0.3) is 0 Å². The van der Waals surface area contributed by atoms with Gasteiger partial charge in [-0.05, 0) is 33.1 Å². The lowest BCUT2D eigenvalue weighted by Crippen LogP contribution is -2.51. The number of carbonyl (C=O) groups is 3. The molecule has 2 N–H and O–H groups in total. The van der Waals surface area contributed by atoms with Gasteiger partial charge in [0.25, 0.3) is 0 Å².